The maximum atomic E-state index is 11.3. The average Bonchev–Trinajstić information content (AvgIpc) is 2.76. The molecule has 0 spiro atoms. The lowest BCUT2D eigenvalue weighted by molar-refractivity contribution is -0.121. The van der Waals surface area contributed by atoms with Crippen molar-refractivity contribution in [2.24, 2.45) is 5.73 Å². The van der Waals surface area contributed by atoms with E-state index in [1.807, 2.05) is 0 Å². The Labute approximate surface area is 107 Å². The van der Waals surface area contributed by atoms with Crippen LogP contribution in [0.25, 0.3) is 0 Å². The van der Waals surface area contributed by atoms with Gasteiger partial charge in [0.25, 0.3) is 0 Å². The Morgan fingerprint density at radius 2 is 2.22 bits per heavy atom. The highest BCUT2D eigenvalue weighted by molar-refractivity contribution is 7.09. The minimum atomic E-state index is -1.36. The molecular weight excluding hydrogens is 260 g/mol. The minimum Gasteiger partial charge on any atom is -0.461 e. The van der Waals surface area contributed by atoms with Crippen molar-refractivity contribution in [1.82, 2.24) is 4.98 Å². The summed E-state index contributed by atoms with van der Waals surface area (Å²) in [4.78, 5) is 25.8. The number of nitrogens with two attached hydrogens (primary N) is 1. The number of esters is 1. The molecule has 2 unspecified atom stereocenters. The predicted octanol–water partition coefficient (Wildman–Crippen LogP) is -0.411. The van der Waals surface area contributed by atoms with Crippen molar-refractivity contribution in [2.75, 3.05) is 6.61 Å². The van der Waals surface area contributed by atoms with E-state index >= 15 is 0 Å². The molecule has 1 aromatic rings. The third kappa shape index (κ3) is 3.76. The molecule has 1 rings (SSSR count). The Morgan fingerprint density at radius 1 is 1.56 bits per heavy atom. The van der Waals surface area contributed by atoms with E-state index in [2.05, 4.69) is 4.98 Å². The van der Waals surface area contributed by atoms with Crippen LogP contribution in [0, 0.1) is 0 Å². The highest BCUT2D eigenvalue weighted by Gasteiger charge is 2.24. The standard InChI is InChI=1S/C10H14N2O5S/c1-2-17-10(16)5-4-18-9(12-5)8(15)6(13)3-7(11)14/h4,6,8,13,15H,2-3H2,1H3,(H2,11,14). The number of aliphatic hydroxyl groups excluding tert-OH is 2. The van der Waals surface area contributed by atoms with E-state index in [0.29, 0.717) is 0 Å². The van der Waals surface area contributed by atoms with Crippen molar-refractivity contribution >= 4 is 23.2 Å². The summed E-state index contributed by atoms with van der Waals surface area (Å²) in [5.74, 6) is -1.33. The SMILES string of the molecule is CCOC(=O)c1csc(C(O)C(O)CC(N)=O)n1. The van der Waals surface area contributed by atoms with Crippen LogP contribution in [-0.2, 0) is 9.53 Å². The monoisotopic (exact) mass is 274 g/mol. The highest BCUT2D eigenvalue weighted by Crippen LogP contribution is 2.23. The molecule has 0 aromatic carbocycles. The molecule has 8 heteroatoms. The number of aromatic nitrogens is 1. The molecule has 0 radical (unpaired) electrons. The third-order valence-electron chi connectivity index (χ3n) is 2.03. The summed E-state index contributed by atoms with van der Waals surface area (Å²) >= 11 is 0.993. The summed E-state index contributed by atoms with van der Waals surface area (Å²) < 4.78 is 4.73. The fraction of sp³-hybridized carbons (Fsp3) is 0.500. The lowest BCUT2D eigenvalue weighted by Gasteiger charge is -2.13. The zero-order valence-corrected chi connectivity index (χ0v) is 10.5. The summed E-state index contributed by atoms with van der Waals surface area (Å²) in [5.41, 5.74) is 4.96. The van der Waals surface area contributed by atoms with Crippen molar-refractivity contribution in [2.45, 2.75) is 25.6 Å². The summed E-state index contributed by atoms with van der Waals surface area (Å²) in [5, 5.41) is 20.7. The molecule has 1 heterocycles. The number of carbonyl (C=O) groups is 2. The smallest absolute Gasteiger partial charge is 0.357 e. The van der Waals surface area contributed by atoms with Crippen molar-refractivity contribution in [3.05, 3.63) is 16.1 Å². The van der Waals surface area contributed by atoms with Crippen LogP contribution >= 0.6 is 11.3 Å². The van der Waals surface area contributed by atoms with Gasteiger partial charge in [0.05, 0.1) is 19.1 Å². The number of aliphatic hydroxyl groups is 2. The molecule has 18 heavy (non-hydrogen) atoms. The van der Waals surface area contributed by atoms with Crippen molar-refractivity contribution in [3.8, 4) is 0 Å². The van der Waals surface area contributed by atoms with Gasteiger partial charge in [-0.2, -0.15) is 0 Å². The summed E-state index contributed by atoms with van der Waals surface area (Å²) in [6.45, 7) is 1.88. The lowest BCUT2D eigenvalue weighted by Crippen LogP contribution is -2.25. The van der Waals surface area contributed by atoms with E-state index in [1.165, 1.54) is 5.38 Å². The van der Waals surface area contributed by atoms with E-state index in [9.17, 15) is 19.8 Å². The second kappa shape index (κ2) is 6.43. The first kappa shape index (κ1) is 14.6. The fourth-order valence-electron chi connectivity index (χ4n) is 1.20. The predicted molar refractivity (Wildman–Crippen MR) is 62.8 cm³/mol. The van der Waals surface area contributed by atoms with Crippen LogP contribution in [-0.4, -0.2) is 39.8 Å². The van der Waals surface area contributed by atoms with Gasteiger partial charge in [0.1, 0.15) is 11.1 Å². The molecule has 0 saturated carbocycles. The maximum absolute atomic E-state index is 11.3. The zero-order chi connectivity index (χ0) is 13.7. The van der Waals surface area contributed by atoms with Gasteiger partial charge in [-0.05, 0) is 6.92 Å². The largest absolute Gasteiger partial charge is 0.461 e. The van der Waals surface area contributed by atoms with Gasteiger partial charge < -0.3 is 20.7 Å². The third-order valence-corrected chi connectivity index (χ3v) is 2.95. The van der Waals surface area contributed by atoms with Crippen molar-refractivity contribution in [1.29, 1.82) is 0 Å². The van der Waals surface area contributed by atoms with Crippen LogP contribution in [0.4, 0.5) is 0 Å². The lowest BCUT2D eigenvalue weighted by atomic mass is 10.1. The first-order chi connectivity index (χ1) is 8.45. The maximum Gasteiger partial charge on any atom is 0.357 e. The molecule has 100 valence electrons. The molecule has 1 aromatic heterocycles. The number of nitrogens with zero attached hydrogens (tertiary/aromatic N) is 1. The topological polar surface area (TPSA) is 123 Å². The molecule has 0 saturated heterocycles. The summed E-state index contributed by atoms with van der Waals surface area (Å²) in [6, 6.07) is 0. The van der Waals surface area contributed by atoms with Crippen LogP contribution in [0.2, 0.25) is 0 Å². The Morgan fingerprint density at radius 3 is 2.78 bits per heavy atom. The number of amides is 1. The normalized spacial score (nSPS) is 13.9. The highest BCUT2D eigenvalue weighted by atomic mass is 32.1. The van der Waals surface area contributed by atoms with Crippen LogP contribution in [0.15, 0.2) is 5.38 Å². The molecule has 4 N–H and O–H groups in total. The molecular formula is C10H14N2O5S. The number of hydrogen-bond donors (Lipinski definition) is 3. The number of carbonyl (C=O) groups excluding carboxylic acids is 2. The van der Waals surface area contributed by atoms with Crippen molar-refractivity contribution < 1.29 is 24.5 Å². The second-order valence-corrected chi connectivity index (χ2v) is 4.36. The molecule has 7 nitrogen and oxygen atoms in total. The van der Waals surface area contributed by atoms with Gasteiger partial charge in [-0.15, -0.1) is 11.3 Å². The Balaban J connectivity index is 2.72. The van der Waals surface area contributed by atoms with E-state index in [1.54, 1.807) is 6.92 Å². The number of hydrogen-bond acceptors (Lipinski definition) is 7. The number of primary amides is 1. The Hall–Kier alpha value is -1.51. The second-order valence-electron chi connectivity index (χ2n) is 3.47. The molecule has 0 bridgehead atoms. The van der Waals surface area contributed by atoms with Crippen molar-refractivity contribution in [3.63, 3.8) is 0 Å². The van der Waals surface area contributed by atoms with Crippen LogP contribution in [0.3, 0.4) is 0 Å². The molecule has 0 aliphatic heterocycles. The average molecular weight is 274 g/mol. The number of rotatable bonds is 6. The van der Waals surface area contributed by atoms with E-state index in [-0.39, 0.29) is 23.7 Å². The van der Waals surface area contributed by atoms with Gasteiger partial charge in [-0.25, -0.2) is 9.78 Å². The van der Waals surface area contributed by atoms with Crippen LogP contribution in [0.1, 0.15) is 34.9 Å². The van der Waals surface area contributed by atoms with E-state index in [0.717, 1.165) is 11.3 Å². The van der Waals surface area contributed by atoms with Gasteiger partial charge in [0.2, 0.25) is 5.91 Å². The van der Waals surface area contributed by atoms with Crippen LogP contribution in [0.5, 0.6) is 0 Å². The molecule has 0 aliphatic rings. The van der Waals surface area contributed by atoms with Gasteiger partial charge >= 0.3 is 5.97 Å². The Bertz CT molecular complexity index is 434. The van der Waals surface area contributed by atoms with E-state index in [4.69, 9.17) is 10.5 Å². The first-order valence-electron chi connectivity index (χ1n) is 5.22. The zero-order valence-electron chi connectivity index (χ0n) is 9.70. The molecule has 1 amide bonds. The summed E-state index contributed by atoms with van der Waals surface area (Å²) in [6.07, 6.45) is -3.08. The van der Waals surface area contributed by atoms with Crippen LogP contribution < -0.4 is 5.73 Å². The first-order valence-corrected chi connectivity index (χ1v) is 6.10. The Kier molecular flexibility index (Phi) is 5.20. The molecule has 0 fully saturated rings. The quantitative estimate of drug-likeness (QED) is 0.606. The van der Waals surface area contributed by atoms with Gasteiger partial charge in [-0.1, -0.05) is 0 Å². The van der Waals surface area contributed by atoms with Gasteiger partial charge in [0.15, 0.2) is 5.69 Å². The fourth-order valence-corrected chi connectivity index (χ4v) is 2.03. The van der Waals surface area contributed by atoms with E-state index < -0.39 is 24.1 Å². The molecule has 0 aliphatic carbocycles. The minimum absolute atomic E-state index is 0.0576. The van der Waals surface area contributed by atoms with Gasteiger partial charge in [0, 0.05) is 5.38 Å². The summed E-state index contributed by atoms with van der Waals surface area (Å²) in [7, 11) is 0. The molecule has 2 atom stereocenters. The number of ether oxygens (including phenoxy) is 1. The number of thiazole rings is 1. The van der Waals surface area contributed by atoms with Gasteiger partial charge in [-0.3, -0.25) is 4.79 Å².